The van der Waals surface area contributed by atoms with Crippen molar-refractivity contribution in [2.75, 3.05) is 26.2 Å². The third-order valence-corrected chi connectivity index (χ3v) is 4.41. The van der Waals surface area contributed by atoms with Crippen molar-refractivity contribution >= 4 is 0 Å². The lowest BCUT2D eigenvalue weighted by Crippen LogP contribution is -2.45. The van der Waals surface area contributed by atoms with Crippen molar-refractivity contribution in [2.45, 2.75) is 51.2 Å². The number of hydrogen-bond donors (Lipinski definition) is 2. The Balaban J connectivity index is 1.60. The SMILES string of the molecule is CCCC(O)CNC1CCN(CCc2ccccc2)CC1. The molecule has 1 atom stereocenters. The van der Waals surface area contributed by atoms with Gasteiger partial charge in [0, 0.05) is 19.1 Å². The van der Waals surface area contributed by atoms with Gasteiger partial charge in [0.2, 0.25) is 0 Å². The van der Waals surface area contributed by atoms with E-state index in [0.29, 0.717) is 6.04 Å². The van der Waals surface area contributed by atoms with Crippen LogP contribution in [0.2, 0.25) is 0 Å². The van der Waals surface area contributed by atoms with Crippen LogP contribution >= 0.6 is 0 Å². The minimum Gasteiger partial charge on any atom is -0.392 e. The summed E-state index contributed by atoms with van der Waals surface area (Å²) in [6, 6.07) is 11.3. The van der Waals surface area contributed by atoms with Crippen LogP contribution in [-0.2, 0) is 6.42 Å². The first kappa shape index (κ1) is 16.5. The summed E-state index contributed by atoms with van der Waals surface area (Å²) in [5.41, 5.74) is 1.43. The number of aliphatic hydroxyl groups excluding tert-OH is 1. The summed E-state index contributed by atoms with van der Waals surface area (Å²) < 4.78 is 0. The summed E-state index contributed by atoms with van der Waals surface area (Å²) in [6.45, 7) is 6.38. The highest BCUT2D eigenvalue weighted by Crippen LogP contribution is 2.11. The first-order valence-corrected chi connectivity index (χ1v) is 8.45. The minimum atomic E-state index is -0.175. The van der Waals surface area contributed by atoms with E-state index < -0.39 is 0 Å². The largest absolute Gasteiger partial charge is 0.392 e. The van der Waals surface area contributed by atoms with E-state index in [2.05, 4.69) is 47.5 Å². The molecule has 2 rings (SSSR count). The van der Waals surface area contributed by atoms with Crippen LogP contribution in [0.4, 0.5) is 0 Å². The molecule has 0 amide bonds. The van der Waals surface area contributed by atoms with Crippen molar-refractivity contribution in [1.29, 1.82) is 0 Å². The Morgan fingerprint density at radius 3 is 2.62 bits per heavy atom. The lowest BCUT2D eigenvalue weighted by molar-refractivity contribution is 0.142. The van der Waals surface area contributed by atoms with Crippen molar-refractivity contribution in [3.8, 4) is 0 Å². The second-order valence-corrected chi connectivity index (χ2v) is 6.20. The Hall–Kier alpha value is -0.900. The van der Waals surface area contributed by atoms with Gasteiger partial charge in [0.1, 0.15) is 0 Å². The number of rotatable bonds is 8. The van der Waals surface area contributed by atoms with Gasteiger partial charge in [-0.3, -0.25) is 0 Å². The van der Waals surface area contributed by atoms with Gasteiger partial charge in [-0.1, -0.05) is 43.7 Å². The molecular formula is C18H30N2O. The molecule has 1 aromatic carbocycles. The van der Waals surface area contributed by atoms with E-state index in [1.54, 1.807) is 0 Å². The molecule has 1 unspecified atom stereocenters. The monoisotopic (exact) mass is 290 g/mol. The molecule has 0 aromatic heterocycles. The lowest BCUT2D eigenvalue weighted by atomic mass is 10.0. The Morgan fingerprint density at radius 2 is 1.95 bits per heavy atom. The molecule has 1 aliphatic heterocycles. The Labute approximate surface area is 129 Å². The molecule has 1 aromatic rings. The van der Waals surface area contributed by atoms with Crippen LogP contribution in [0.1, 0.15) is 38.2 Å². The fraction of sp³-hybridized carbons (Fsp3) is 0.667. The first-order valence-electron chi connectivity index (χ1n) is 8.45. The van der Waals surface area contributed by atoms with Gasteiger partial charge in [0.05, 0.1) is 6.10 Å². The van der Waals surface area contributed by atoms with Gasteiger partial charge in [-0.05, 0) is 44.3 Å². The van der Waals surface area contributed by atoms with Crippen molar-refractivity contribution in [3.63, 3.8) is 0 Å². The van der Waals surface area contributed by atoms with Crippen LogP contribution in [0.5, 0.6) is 0 Å². The topological polar surface area (TPSA) is 35.5 Å². The van der Waals surface area contributed by atoms with Gasteiger partial charge in [-0.15, -0.1) is 0 Å². The maximum atomic E-state index is 9.77. The molecule has 0 spiro atoms. The van der Waals surface area contributed by atoms with Gasteiger partial charge >= 0.3 is 0 Å². The van der Waals surface area contributed by atoms with Crippen LogP contribution in [0, 0.1) is 0 Å². The molecule has 21 heavy (non-hydrogen) atoms. The second-order valence-electron chi connectivity index (χ2n) is 6.20. The zero-order valence-electron chi connectivity index (χ0n) is 13.3. The van der Waals surface area contributed by atoms with Gasteiger partial charge in [-0.2, -0.15) is 0 Å². The Morgan fingerprint density at radius 1 is 1.24 bits per heavy atom. The second kappa shape index (κ2) is 9.19. The van der Waals surface area contributed by atoms with Crippen LogP contribution in [0.25, 0.3) is 0 Å². The summed E-state index contributed by atoms with van der Waals surface area (Å²) in [5.74, 6) is 0. The molecule has 3 heteroatoms. The van der Waals surface area contributed by atoms with Crippen LogP contribution < -0.4 is 5.32 Å². The van der Waals surface area contributed by atoms with Gasteiger partial charge in [-0.25, -0.2) is 0 Å². The third kappa shape index (κ3) is 6.16. The summed E-state index contributed by atoms with van der Waals surface area (Å²) in [5, 5.41) is 13.3. The predicted octanol–water partition coefficient (Wildman–Crippen LogP) is 2.44. The summed E-state index contributed by atoms with van der Waals surface area (Å²) in [6.07, 6.45) is 5.34. The molecule has 118 valence electrons. The normalized spacial score (nSPS) is 18.8. The number of aliphatic hydroxyl groups is 1. The maximum Gasteiger partial charge on any atom is 0.0664 e. The number of hydrogen-bond acceptors (Lipinski definition) is 3. The molecule has 0 aliphatic carbocycles. The lowest BCUT2D eigenvalue weighted by Gasteiger charge is -2.33. The van der Waals surface area contributed by atoms with Crippen molar-refractivity contribution in [2.24, 2.45) is 0 Å². The summed E-state index contributed by atoms with van der Waals surface area (Å²) in [4.78, 5) is 2.56. The molecule has 1 aliphatic rings. The standard InChI is InChI=1S/C18H30N2O/c1-2-6-18(21)15-19-17-10-13-20(14-11-17)12-9-16-7-4-3-5-8-16/h3-5,7-8,17-19,21H,2,6,9-15H2,1H3. The Bertz CT molecular complexity index is 374. The van der Waals surface area contributed by atoms with Crippen molar-refractivity contribution < 1.29 is 5.11 Å². The molecular weight excluding hydrogens is 260 g/mol. The molecule has 0 bridgehead atoms. The van der Waals surface area contributed by atoms with E-state index in [9.17, 15) is 5.11 Å². The van der Waals surface area contributed by atoms with Crippen LogP contribution in [-0.4, -0.2) is 48.3 Å². The van der Waals surface area contributed by atoms with Crippen LogP contribution in [0.3, 0.4) is 0 Å². The summed E-state index contributed by atoms with van der Waals surface area (Å²) >= 11 is 0. The van der Waals surface area contributed by atoms with Gasteiger partial charge in [0.15, 0.2) is 0 Å². The van der Waals surface area contributed by atoms with Gasteiger partial charge < -0.3 is 15.3 Å². The molecule has 1 fully saturated rings. The highest BCUT2D eigenvalue weighted by atomic mass is 16.3. The first-order chi connectivity index (χ1) is 10.3. The number of benzene rings is 1. The number of likely N-dealkylation sites (tertiary alicyclic amines) is 1. The quantitative estimate of drug-likeness (QED) is 0.772. The Kier molecular flexibility index (Phi) is 7.20. The molecule has 3 nitrogen and oxygen atoms in total. The third-order valence-electron chi connectivity index (χ3n) is 4.41. The molecule has 1 saturated heterocycles. The van der Waals surface area contributed by atoms with E-state index in [1.807, 2.05) is 0 Å². The van der Waals surface area contributed by atoms with E-state index in [-0.39, 0.29) is 6.10 Å². The molecule has 2 N–H and O–H groups in total. The number of piperidine rings is 1. The van der Waals surface area contributed by atoms with Crippen molar-refractivity contribution in [1.82, 2.24) is 10.2 Å². The zero-order valence-corrected chi connectivity index (χ0v) is 13.3. The highest BCUT2D eigenvalue weighted by molar-refractivity contribution is 5.14. The van der Waals surface area contributed by atoms with Crippen LogP contribution in [0.15, 0.2) is 30.3 Å². The predicted molar refractivity (Wildman–Crippen MR) is 88.5 cm³/mol. The molecule has 1 heterocycles. The number of nitrogens with zero attached hydrogens (tertiary/aromatic N) is 1. The van der Waals surface area contributed by atoms with Crippen molar-refractivity contribution in [3.05, 3.63) is 35.9 Å². The average molecular weight is 290 g/mol. The fourth-order valence-corrected chi connectivity index (χ4v) is 3.03. The maximum absolute atomic E-state index is 9.77. The summed E-state index contributed by atoms with van der Waals surface area (Å²) in [7, 11) is 0. The minimum absolute atomic E-state index is 0.175. The fourth-order valence-electron chi connectivity index (χ4n) is 3.03. The van der Waals surface area contributed by atoms with Gasteiger partial charge in [0.25, 0.3) is 0 Å². The van der Waals surface area contributed by atoms with E-state index in [1.165, 1.54) is 31.5 Å². The average Bonchev–Trinajstić information content (AvgIpc) is 2.53. The van der Waals surface area contributed by atoms with E-state index in [4.69, 9.17) is 0 Å². The van der Waals surface area contributed by atoms with E-state index >= 15 is 0 Å². The number of nitrogens with one attached hydrogen (secondary N) is 1. The molecule has 0 radical (unpaired) electrons. The van der Waals surface area contributed by atoms with E-state index in [0.717, 1.165) is 32.4 Å². The molecule has 0 saturated carbocycles. The zero-order chi connectivity index (χ0) is 14.9. The smallest absolute Gasteiger partial charge is 0.0664 e. The highest BCUT2D eigenvalue weighted by Gasteiger charge is 2.19.